The second kappa shape index (κ2) is 5.61. The molecule has 0 aliphatic carbocycles. The molecule has 0 radical (unpaired) electrons. The average molecular weight is 262 g/mol. The first-order chi connectivity index (χ1) is 9.04. The third-order valence-corrected chi connectivity index (χ3v) is 3.90. The van der Waals surface area contributed by atoms with Crippen molar-refractivity contribution >= 4 is 11.6 Å². The number of aliphatic hydroxyl groups excluding tert-OH is 1. The first-order valence-corrected chi connectivity index (χ1v) is 6.77. The Balaban J connectivity index is 2.27. The number of likely N-dealkylation sites (N-methyl/N-ethyl adjacent to an activating group) is 1. The Morgan fingerprint density at radius 3 is 2.89 bits per heavy atom. The van der Waals surface area contributed by atoms with Gasteiger partial charge in [0.1, 0.15) is 0 Å². The molecular formula is C15H22N2O2. The van der Waals surface area contributed by atoms with Crippen molar-refractivity contribution in [2.75, 3.05) is 19.0 Å². The van der Waals surface area contributed by atoms with Crippen LogP contribution in [0.25, 0.3) is 0 Å². The maximum atomic E-state index is 12.6. The third-order valence-electron chi connectivity index (χ3n) is 3.90. The Morgan fingerprint density at radius 1 is 1.53 bits per heavy atom. The van der Waals surface area contributed by atoms with Crippen LogP contribution in [0.3, 0.4) is 0 Å². The van der Waals surface area contributed by atoms with E-state index in [0.717, 1.165) is 17.7 Å². The van der Waals surface area contributed by atoms with Crippen LogP contribution in [-0.2, 0) is 4.79 Å². The first kappa shape index (κ1) is 13.9. The molecule has 0 saturated carbocycles. The minimum atomic E-state index is -0.148. The molecule has 0 bridgehead atoms. The summed E-state index contributed by atoms with van der Waals surface area (Å²) in [5.74, 6) is -0.0335. The Hall–Kier alpha value is -1.55. The Morgan fingerprint density at radius 2 is 2.21 bits per heavy atom. The highest BCUT2D eigenvalue weighted by Crippen LogP contribution is 2.35. The predicted octanol–water partition coefficient (Wildman–Crippen LogP) is 1.81. The monoisotopic (exact) mass is 262 g/mol. The molecular weight excluding hydrogens is 240 g/mol. The fraction of sp³-hybridized carbons (Fsp3) is 0.533. The molecule has 0 aromatic heterocycles. The second-order valence-corrected chi connectivity index (χ2v) is 5.40. The molecule has 19 heavy (non-hydrogen) atoms. The number of rotatable bonds is 3. The maximum absolute atomic E-state index is 12.6. The van der Waals surface area contributed by atoms with Gasteiger partial charge in [-0.25, -0.2) is 0 Å². The van der Waals surface area contributed by atoms with E-state index in [1.807, 2.05) is 31.2 Å². The number of nitrogens with one attached hydrogen (secondary N) is 1. The zero-order chi connectivity index (χ0) is 14.0. The van der Waals surface area contributed by atoms with Crippen LogP contribution in [0.4, 0.5) is 5.69 Å². The van der Waals surface area contributed by atoms with E-state index in [0.29, 0.717) is 0 Å². The summed E-state index contributed by atoms with van der Waals surface area (Å²) in [6.07, 6.45) is 0.790. The molecule has 0 saturated heterocycles. The van der Waals surface area contributed by atoms with Crippen molar-refractivity contribution in [2.45, 2.75) is 38.3 Å². The molecule has 1 aromatic rings. The smallest absolute Gasteiger partial charge is 0.230 e. The van der Waals surface area contributed by atoms with Crippen molar-refractivity contribution in [1.29, 1.82) is 0 Å². The standard InChI is InChI=1S/C15H22N2O2/c1-10-8-13(15(19)17(3)11(2)9-18)12-6-4-5-7-14(12)16-10/h4-7,10-11,13,16,18H,8-9H2,1-3H3. The number of para-hydroxylation sites is 1. The number of carbonyl (C=O) groups excluding carboxylic acids is 1. The molecule has 1 aromatic carbocycles. The molecule has 0 spiro atoms. The van der Waals surface area contributed by atoms with Gasteiger partial charge in [0.2, 0.25) is 5.91 Å². The summed E-state index contributed by atoms with van der Waals surface area (Å²) < 4.78 is 0. The van der Waals surface area contributed by atoms with E-state index >= 15 is 0 Å². The Bertz CT molecular complexity index is 461. The van der Waals surface area contributed by atoms with Crippen molar-refractivity contribution < 1.29 is 9.90 Å². The van der Waals surface area contributed by atoms with Crippen molar-refractivity contribution in [2.24, 2.45) is 0 Å². The van der Waals surface area contributed by atoms with Crippen LogP contribution in [0.1, 0.15) is 31.7 Å². The summed E-state index contributed by atoms with van der Waals surface area (Å²) in [5.41, 5.74) is 2.10. The molecule has 3 atom stereocenters. The van der Waals surface area contributed by atoms with Gasteiger partial charge in [-0.05, 0) is 31.9 Å². The normalized spacial score (nSPS) is 23.2. The average Bonchev–Trinajstić information content (AvgIpc) is 2.43. The molecule has 2 rings (SSSR count). The summed E-state index contributed by atoms with van der Waals surface area (Å²) >= 11 is 0. The Kier molecular flexibility index (Phi) is 4.10. The van der Waals surface area contributed by atoms with E-state index in [4.69, 9.17) is 0 Å². The van der Waals surface area contributed by atoms with Gasteiger partial charge in [0.25, 0.3) is 0 Å². The predicted molar refractivity (Wildman–Crippen MR) is 76.2 cm³/mol. The van der Waals surface area contributed by atoms with Gasteiger partial charge < -0.3 is 15.3 Å². The first-order valence-electron chi connectivity index (χ1n) is 6.77. The number of fused-ring (bicyclic) bond motifs is 1. The molecule has 3 unspecified atom stereocenters. The fourth-order valence-corrected chi connectivity index (χ4v) is 2.56. The molecule has 1 heterocycles. The van der Waals surface area contributed by atoms with Crippen LogP contribution >= 0.6 is 0 Å². The van der Waals surface area contributed by atoms with Gasteiger partial charge in [0.15, 0.2) is 0 Å². The van der Waals surface area contributed by atoms with Crippen LogP contribution in [0, 0.1) is 0 Å². The summed E-state index contributed by atoms with van der Waals surface area (Å²) in [5, 5.41) is 12.6. The lowest BCUT2D eigenvalue weighted by Crippen LogP contribution is -2.42. The number of hydrogen-bond acceptors (Lipinski definition) is 3. The Labute approximate surface area is 114 Å². The lowest BCUT2D eigenvalue weighted by molar-refractivity contribution is -0.134. The second-order valence-electron chi connectivity index (χ2n) is 5.40. The van der Waals surface area contributed by atoms with Crippen LogP contribution in [0.5, 0.6) is 0 Å². The fourth-order valence-electron chi connectivity index (χ4n) is 2.56. The highest BCUT2D eigenvalue weighted by atomic mass is 16.3. The van der Waals surface area contributed by atoms with Crippen molar-refractivity contribution in [3.05, 3.63) is 29.8 Å². The number of aliphatic hydroxyl groups is 1. The summed E-state index contributed by atoms with van der Waals surface area (Å²) in [7, 11) is 1.76. The van der Waals surface area contributed by atoms with Gasteiger partial charge in [-0.1, -0.05) is 18.2 Å². The summed E-state index contributed by atoms with van der Waals surface area (Å²) in [6, 6.07) is 8.10. The summed E-state index contributed by atoms with van der Waals surface area (Å²) in [6.45, 7) is 3.93. The number of amides is 1. The third kappa shape index (κ3) is 2.73. The van der Waals surface area contributed by atoms with Crippen LogP contribution in [0.2, 0.25) is 0 Å². The number of hydrogen-bond donors (Lipinski definition) is 2. The number of anilines is 1. The molecule has 1 amide bonds. The van der Waals surface area contributed by atoms with Crippen LogP contribution in [-0.4, -0.2) is 41.7 Å². The SMILES string of the molecule is CC1CC(C(=O)N(C)C(C)CO)c2ccccc2N1. The largest absolute Gasteiger partial charge is 0.394 e. The number of benzene rings is 1. The van der Waals surface area contributed by atoms with Crippen molar-refractivity contribution in [1.82, 2.24) is 4.90 Å². The number of nitrogens with zero attached hydrogens (tertiary/aromatic N) is 1. The minimum absolute atomic E-state index is 0.00951. The van der Waals surface area contributed by atoms with Gasteiger partial charge in [-0.3, -0.25) is 4.79 Å². The van der Waals surface area contributed by atoms with Crippen LogP contribution < -0.4 is 5.32 Å². The lowest BCUT2D eigenvalue weighted by Gasteiger charge is -2.34. The molecule has 1 aliphatic heterocycles. The molecule has 4 heteroatoms. The molecule has 104 valence electrons. The van der Waals surface area contributed by atoms with Gasteiger partial charge >= 0.3 is 0 Å². The van der Waals surface area contributed by atoms with E-state index < -0.39 is 0 Å². The van der Waals surface area contributed by atoms with E-state index in [2.05, 4.69) is 12.2 Å². The van der Waals surface area contributed by atoms with Crippen molar-refractivity contribution in [3.63, 3.8) is 0 Å². The van der Waals surface area contributed by atoms with E-state index in [9.17, 15) is 9.90 Å². The molecule has 4 nitrogen and oxygen atoms in total. The quantitative estimate of drug-likeness (QED) is 0.873. The highest BCUT2D eigenvalue weighted by molar-refractivity contribution is 5.86. The van der Waals surface area contributed by atoms with E-state index in [-0.39, 0.29) is 30.5 Å². The molecule has 2 N–H and O–H groups in total. The summed E-state index contributed by atoms with van der Waals surface area (Å²) in [4.78, 5) is 14.2. The van der Waals surface area contributed by atoms with E-state index in [1.165, 1.54) is 0 Å². The zero-order valence-corrected chi connectivity index (χ0v) is 11.8. The van der Waals surface area contributed by atoms with Crippen LogP contribution in [0.15, 0.2) is 24.3 Å². The maximum Gasteiger partial charge on any atom is 0.230 e. The zero-order valence-electron chi connectivity index (χ0n) is 11.8. The van der Waals surface area contributed by atoms with Gasteiger partial charge in [0, 0.05) is 18.8 Å². The van der Waals surface area contributed by atoms with Gasteiger partial charge in [-0.15, -0.1) is 0 Å². The van der Waals surface area contributed by atoms with E-state index in [1.54, 1.807) is 11.9 Å². The number of carbonyl (C=O) groups is 1. The molecule has 1 aliphatic rings. The molecule has 0 fully saturated rings. The van der Waals surface area contributed by atoms with Crippen molar-refractivity contribution in [3.8, 4) is 0 Å². The topological polar surface area (TPSA) is 52.6 Å². The lowest BCUT2D eigenvalue weighted by atomic mass is 9.86. The minimum Gasteiger partial charge on any atom is -0.394 e. The van der Waals surface area contributed by atoms with Gasteiger partial charge in [0.05, 0.1) is 18.6 Å². The highest BCUT2D eigenvalue weighted by Gasteiger charge is 2.32. The van der Waals surface area contributed by atoms with Gasteiger partial charge in [-0.2, -0.15) is 0 Å².